The quantitative estimate of drug-likeness (QED) is 0.510. The van der Waals surface area contributed by atoms with Crippen LogP contribution < -0.4 is 0 Å². The van der Waals surface area contributed by atoms with Crippen LogP contribution in [0, 0.1) is 17.8 Å². The number of rotatable bonds is 7. The Morgan fingerprint density at radius 2 is 1.94 bits per heavy atom. The van der Waals surface area contributed by atoms with Crippen molar-refractivity contribution < 1.29 is 8.85 Å². The van der Waals surface area contributed by atoms with E-state index in [-0.39, 0.29) is 6.10 Å². The molecule has 0 amide bonds. The van der Waals surface area contributed by atoms with Crippen LogP contribution >= 0.6 is 0 Å². The van der Waals surface area contributed by atoms with E-state index in [2.05, 4.69) is 45.4 Å². The molecule has 2 atom stereocenters. The summed E-state index contributed by atoms with van der Waals surface area (Å²) in [6.07, 6.45) is 2.22. The summed E-state index contributed by atoms with van der Waals surface area (Å²) < 4.78 is 11.9. The van der Waals surface area contributed by atoms with Crippen LogP contribution in [0.1, 0.15) is 40.5 Å². The van der Waals surface area contributed by atoms with E-state index in [0.717, 1.165) is 18.4 Å². The standard InChI is InChI=1S/C15H28O2Si/c1-8-10-14(5)15(12-11-13(3)4)17-18(6,7)16-9-2/h14-15H,3,8-10H2,1-2,4-7H3. The van der Waals surface area contributed by atoms with Crippen LogP contribution in [-0.4, -0.2) is 21.3 Å². The summed E-state index contributed by atoms with van der Waals surface area (Å²) in [7, 11) is -2.06. The van der Waals surface area contributed by atoms with Gasteiger partial charge in [0.2, 0.25) is 0 Å². The highest BCUT2D eigenvalue weighted by Gasteiger charge is 2.29. The minimum Gasteiger partial charge on any atom is -0.395 e. The van der Waals surface area contributed by atoms with Gasteiger partial charge in [0, 0.05) is 6.61 Å². The Labute approximate surface area is 114 Å². The molecule has 0 N–H and O–H groups in total. The number of hydrogen-bond acceptors (Lipinski definition) is 2. The van der Waals surface area contributed by atoms with Crippen molar-refractivity contribution in [1.82, 2.24) is 0 Å². The molecule has 0 aliphatic heterocycles. The summed E-state index contributed by atoms with van der Waals surface area (Å²) in [6.45, 7) is 17.0. The predicted molar refractivity (Wildman–Crippen MR) is 80.6 cm³/mol. The molecule has 0 bridgehead atoms. The fourth-order valence-corrected chi connectivity index (χ4v) is 3.44. The van der Waals surface area contributed by atoms with Gasteiger partial charge in [0.25, 0.3) is 0 Å². The van der Waals surface area contributed by atoms with Gasteiger partial charge >= 0.3 is 8.56 Å². The van der Waals surface area contributed by atoms with Crippen molar-refractivity contribution in [2.75, 3.05) is 6.61 Å². The van der Waals surface area contributed by atoms with Crippen molar-refractivity contribution in [2.24, 2.45) is 5.92 Å². The highest BCUT2D eigenvalue weighted by atomic mass is 28.4. The number of allylic oxidation sites excluding steroid dienone is 1. The summed E-state index contributed by atoms with van der Waals surface area (Å²) in [5, 5.41) is 0. The van der Waals surface area contributed by atoms with E-state index in [1.54, 1.807) is 0 Å². The lowest BCUT2D eigenvalue weighted by molar-refractivity contribution is 0.120. The van der Waals surface area contributed by atoms with Crippen molar-refractivity contribution in [3.05, 3.63) is 12.2 Å². The first-order valence-corrected chi connectivity index (χ1v) is 9.62. The third-order valence-corrected chi connectivity index (χ3v) is 4.40. The maximum Gasteiger partial charge on any atom is 0.332 e. The van der Waals surface area contributed by atoms with E-state index >= 15 is 0 Å². The molecule has 3 heteroatoms. The Morgan fingerprint density at radius 3 is 2.39 bits per heavy atom. The molecule has 0 aromatic rings. The first kappa shape index (κ1) is 17.4. The molecule has 0 aliphatic carbocycles. The lowest BCUT2D eigenvalue weighted by atomic mass is 10.00. The third-order valence-electron chi connectivity index (χ3n) is 2.59. The topological polar surface area (TPSA) is 18.5 Å². The molecule has 0 spiro atoms. The van der Waals surface area contributed by atoms with Gasteiger partial charge in [-0.15, -0.1) is 0 Å². The fourth-order valence-electron chi connectivity index (χ4n) is 1.78. The molecule has 0 saturated heterocycles. The monoisotopic (exact) mass is 268 g/mol. The maximum atomic E-state index is 6.15. The van der Waals surface area contributed by atoms with Gasteiger partial charge in [0.05, 0.1) is 0 Å². The Bertz CT molecular complexity index is 312. The van der Waals surface area contributed by atoms with E-state index in [1.165, 1.54) is 0 Å². The minimum atomic E-state index is -2.06. The second kappa shape index (κ2) is 8.52. The molecule has 104 valence electrons. The largest absolute Gasteiger partial charge is 0.395 e. The zero-order valence-corrected chi connectivity index (χ0v) is 13.8. The molecule has 0 heterocycles. The molecule has 0 radical (unpaired) electrons. The summed E-state index contributed by atoms with van der Waals surface area (Å²) in [6, 6.07) is 0. The molecule has 0 aromatic carbocycles. The third kappa shape index (κ3) is 7.70. The highest BCUT2D eigenvalue weighted by Crippen LogP contribution is 2.19. The van der Waals surface area contributed by atoms with Gasteiger partial charge in [-0.2, -0.15) is 0 Å². The highest BCUT2D eigenvalue weighted by molar-refractivity contribution is 6.64. The van der Waals surface area contributed by atoms with Crippen molar-refractivity contribution in [3.8, 4) is 11.8 Å². The molecule has 0 saturated carbocycles. The zero-order valence-electron chi connectivity index (χ0n) is 12.8. The van der Waals surface area contributed by atoms with Gasteiger partial charge in [-0.1, -0.05) is 38.7 Å². The van der Waals surface area contributed by atoms with Crippen LogP contribution in [0.25, 0.3) is 0 Å². The van der Waals surface area contributed by atoms with Gasteiger partial charge < -0.3 is 8.85 Å². The van der Waals surface area contributed by atoms with Crippen molar-refractivity contribution in [3.63, 3.8) is 0 Å². The summed E-state index contributed by atoms with van der Waals surface area (Å²) in [5.74, 6) is 6.67. The average molecular weight is 268 g/mol. The van der Waals surface area contributed by atoms with Crippen molar-refractivity contribution >= 4 is 8.56 Å². The zero-order chi connectivity index (χ0) is 14.2. The maximum absolute atomic E-state index is 6.15. The first-order valence-electron chi connectivity index (χ1n) is 6.81. The molecule has 2 unspecified atom stereocenters. The van der Waals surface area contributed by atoms with E-state index in [4.69, 9.17) is 8.85 Å². The lowest BCUT2D eigenvalue weighted by Gasteiger charge is -2.29. The van der Waals surface area contributed by atoms with E-state index in [9.17, 15) is 0 Å². The second-order valence-electron chi connectivity index (χ2n) is 5.19. The molecule has 18 heavy (non-hydrogen) atoms. The average Bonchev–Trinajstić information content (AvgIpc) is 2.24. The first-order chi connectivity index (χ1) is 8.32. The van der Waals surface area contributed by atoms with Gasteiger partial charge in [-0.25, -0.2) is 0 Å². The van der Waals surface area contributed by atoms with Gasteiger partial charge in [-0.05, 0) is 44.9 Å². The summed E-state index contributed by atoms with van der Waals surface area (Å²) in [4.78, 5) is 0. The minimum absolute atomic E-state index is 0.0464. The molecule has 2 nitrogen and oxygen atoms in total. The predicted octanol–water partition coefficient (Wildman–Crippen LogP) is 4.13. The Hall–Kier alpha value is -0.563. The van der Waals surface area contributed by atoms with E-state index in [1.807, 2.05) is 13.8 Å². The fraction of sp³-hybridized carbons (Fsp3) is 0.733. The van der Waals surface area contributed by atoms with Crippen LogP contribution in [0.4, 0.5) is 0 Å². The molecular weight excluding hydrogens is 240 g/mol. The van der Waals surface area contributed by atoms with E-state index < -0.39 is 8.56 Å². The number of hydrogen-bond donors (Lipinski definition) is 0. The van der Waals surface area contributed by atoms with Crippen LogP contribution in [0.15, 0.2) is 12.2 Å². The summed E-state index contributed by atoms with van der Waals surface area (Å²) >= 11 is 0. The Kier molecular flexibility index (Phi) is 8.26. The molecule has 0 aromatic heterocycles. The normalized spacial score (nSPS) is 14.6. The van der Waals surface area contributed by atoms with Gasteiger partial charge in [-0.3, -0.25) is 0 Å². The van der Waals surface area contributed by atoms with Crippen LogP contribution in [-0.2, 0) is 8.85 Å². The summed E-state index contributed by atoms with van der Waals surface area (Å²) in [5.41, 5.74) is 0.878. The van der Waals surface area contributed by atoms with Crippen LogP contribution in [0.2, 0.25) is 13.1 Å². The van der Waals surface area contributed by atoms with Crippen LogP contribution in [0.3, 0.4) is 0 Å². The smallest absolute Gasteiger partial charge is 0.332 e. The molecule has 0 fully saturated rings. The second-order valence-corrected chi connectivity index (χ2v) is 8.51. The Morgan fingerprint density at radius 1 is 1.33 bits per heavy atom. The van der Waals surface area contributed by atoms with Crippen LogP contribution in [0.5, 0.6) is 0 Å². The van der Waals surface area contributed by atoms with Gasteiger partial charge in [0.15, 0.2) is 0 Å². The molecule has 0 rings (SSSR count). The van der Waals surface area contributed by atoms with Crippen molar-refractivity contribution in [2.45, 2.75) is 59.7 Å². The SMILES string of the molecule is C=C(C)C#CC(O[Si](C)(C)OCC)C(C)CCC. The molecular formula is C15H28O2Si. The molecule has 0 aliphatic rings. The van der Waals surface area contributed by atoms with Crippen molar-refractivity contribution in [1.29, 1.82) is 0 Å². The van der Waals surface area contributed by atoms with Gasteiger partial charge in [0.1, 0.15) is 6.10 Å². The Balaban J connectivity index is 4.77. The van der Waals surface area contributed by atoms with E-state index in [0.29, 0.717) is 12.5 Å². The lowest BCUT2D eigenvalue weighted by Crippen LogP contribution is -2.40.